The molecule has 6 heteroatoms. The number of ether oxygens (including phenoxy) is 1. The number of nitrogens with zero attached hydrogens (tertiary/aromatic N) is 1. The number of rotatable bonds is 4. The lowest BCUT2D eigenvalue weighted by atomic mass is 10.1. The Morgan fingerprint density at radius 3 is 2.65 bits per heavy atom. The van der Waals surface area contributed by atoms with Crippen LogP contribution in [0.25, 0.3) is 0 Å². The van der Waals surface area contributed by atoms with E-state index < -0.39 is 0 Å². The molecule has 0 aliphatic carbocycles. The van der Waals surface area contributed by atoms with Crippen molar-refractivity contribution in [3.63, 3.8) is 0 Å². The zero-order valence-electron chi connectivity index (χ0n) is 11.5. The molecule has 2 amide bonds. The van der Waals surface area contributed by atoms with Gasteiger partial charge in [-0.1, -0.05) is 12.1 Å². The minimum atomic E-state index is -0.279. The summed E-state index contributed by atoms with van der Waals surface area (Å²) >= 11 is 1.86. The average Bonchev–Trinajstić information content (AvgIpc) is 2.50. The summed E-state index contributed by atoms with van der Waals surface area (Å²) in [5, 5.41) is 2.88. The molecule has 1 aromatic carbocycles. The molecule has 0 bridgehead atoms. The fraction of sp³-hybridized carbons (Fsp3) is 0.500. The maximum absolute atomic E-state index is 12.9. The van der Waals surface area contributed by atoms with Gasteiger partial charge in [-0.3, -0.25) is 0 Å². The van der Waals surface area contributed by atoms with E-state index in [1.165, 1.54) is 12.1 Å². The number of benzene rings is 1. The molecule has 1 saturated heterocycles. The zero-order valence-corrected chi connectivity index (χ0v) is 12.3. The van der Waals surface area contributed by atoms with Crippen LogP contribution in [0.4, 0.5) is 9.18 Å². The number of methoxy groups -OCH3 is 1. The van der Waals surface area contributed by atoms with Crippen LogP contribution < -0.4 is 5.32 Å². The number of amides is 2. The fourth-order valence-electron chi connectivity index (χ4n) is 2.07. The van der Waals surface area contributed by atoms with E-state index in [4.69, 9.17) is 4.74 Å². The molecule has 4 nitrogen and oxygen atoms in total. The van der Waals surface area contributed by atoms with Crippen LogP contribution in [0.15, 0.2) is 24.3 Å². The quantitative estimate of drug-likeness (QED) is 0.927. The summed E-state index contributed by atoms with van der Waals surface area (Å²) in [5.74, 6) is 1.69. The van der Waals surface area contributed by atoms with Gasteiger partial charge in [0.15, 0.2) is 0 Å². The Kier molecular flexibility index (Phi) is 5.67. The molecule has 0 unspecified atom stereocenters. The first-order valence-electron chi connectivity index (χ1n) is 6.59. The normalized spacial score (nSPS) is 16.8. The predicted octanol–water partition coefficient (Wildman–Crippen LogP) is 2.27. The Bertz CT molecular complexity index is 435. The number of hydrogen-bond donors (Lipinski definition) is 1. The topological polar surface area (TPSA) is 41.6 Å². The molecular formula is C14H19FN2O2S. The van der Waals surface area contributed by atoms with Crippen LogP contribution in [0, 0.1) is 5.82 Å². The van der Waals surface area contributed by atoms with Crippen molar-refractivity contribution in [1.29, 1.82) is 0 Å². The number of nitrogens with one attached hydrogen (secondary N) is 1. The van der Waals surface area contributed by atoms with Crippen LogP contribution in [0.5, 0.6) is 0 Å². The third kappa shape index (κ3) is 4.11. The average molecular weight is 298 g/mol. The fourth-order valence-corrected chi connectivity index (χ4v) is 2.98. The molecule has 1 aliphatic rings. The SMILES string of the molecule is CO[C@H](CNC(=O)N1CCSCC1)c1ccc(F)cc1. The van der Waals surface area contributed by atoms with Crippen LogP contribution in [0.1, 0.15) is 11.7 Å². The van der Waals surface area contributed by atoms with Gasteiger partial charge in [0.25, 0.3) is 0 Å². The Labute approximate surface area is 122 Å². The van der Waals surface area contributed by atoms with Gasteiger partial charge in [0.2, 0.25) is 0 Å². The summed E-state index contributed by atoms with van der Waals surface area (Å²) in [7, 11) is 1.58. The minimum Gasteiger partial charge on any atom is -0.375 e. The van der Waals surface area contributed by atoms with Crippen LogP contribution in [-0.2, 0) is 4.74 Å². The Morgan fingerprint density at radius 1 is 1.40 bits per heavy atom. The van der Waals surface area contributed by atoms with Crippen LogP contribution in [0.3, 0.4) is 0 Å². The van der Waals surface area contributed by atoms with Gasteiger partial charge in [-0.25, -0.2) is 9.18 Å². The van der Waals surface area contributed by atoms with Gasteiger partial charge in [0.05, 0.1) is 6.10 Å². The number of carbonyl (C=O) groups excluding carboxylic acids is 1. The molecule has 0 saturated carbocycles. The van der Waals surface area contributed by atoms with Crippen molar-refractivity contribution in [1.82, 2.24) is 10.2 Å². The summed E-state index contributed by atoms with van der Waals surface area (Å²) in [6.45, 7) is 1.94. The maximum atomic E-state index is 12.9. The van der Waals surface area contributed by atoms with Gasteiger partial charge in [-0.15, -0.1) is 0 Å². The molecule has 1 aliphatic heterocycles. The number of thioether (sulfide) groups is 1. The maximum Gasteiger partial charge on any atom is 0.317 e. The highest BCUT2D eigenvalue weighted by molar-refractivity contribution is 7.99. The van der Waals surface area contributed by atoms with E-state index in [1.54, 1.807) is 19.2 Å². The van der Waals surface area contributed by atoms with E-state index in [1.807, 2.05) is 16.7 Å². The first-order valence-corrected chi connectivity index (χ1v) is 7.75. The van der Waals surface area contributed by atoms with Crippen LogP contribution in [-0.4, -0.2) is 49.2 Å². The second-order valence-electron chi connectivity index (χ2n) is 4.56. The van der Waals surface area contributed by atoms with E-state index in [0.717, 1.165) is 30.2 Å². The zero-order chi connectivity index (χ0) is 14.4. The number of halogens is 1. The summed E-state index contributed by atoms with van der Waals surface area (Å²) in [6, 6.07) is 6.07. The molecule has 110 valence electrons. The Morgan fingerprint density at radius 2 is 2.05 bits per heavy atom. The Hall–Kier alpha value is -1.27. The smallest absolute Gasteiger partial charge is 0.317 e. The van der Waals surface area contributed by atoms with Crippen molar-refractivity contribution in [2.24, 2.45) is 0 Å². The van der Waals surface area contributed by atoms with Crippen LogP contribution >= 0.6 is 11.8 Å². The van der Waals surface area contributed by atoms with Gasteiger partial charge < -0.3 is 15.0 Å². The van der Waals surface area contributed by atoms with Crippen molar-refractivity contribution in [3.8, 4) is 0 Å². The lowest BCUT2D eigenvalue weighted by molar-refractivity contribution is 0.101. The first kappa shape index (κ1) is 15.1. The lowest BCUT2D eigenvalue weighted by Gasteiger charge is -2.27. The third-order valence-electron chi connectivity index (χ3n) is 3.26. The van der Waals surface area contributed by atoms with Crippen molar-refractivity contribution in [2.45, 2.75) is 6.10 Å². The van der Waals surface area contributed by atoms with E-state index in [2.05, 4.69) is 5.32 Å². The number of urea groups is 1. The van der Waals surface area contributed by atoms with E-state index in [-0.39, 0.29) is 18.0 Å². The van der Waals surface area contributed by atoms with Gasteiger partial charge in [-0.2, -0.15) is 11.8 Å². The molecule has 0 radical (unpaired) electrons. The van der Waals surface area contributed by atoms with Gasteiger partial charge in [0, 0.05) is 38.2 Å². The molecule has 0 aromatic heterocycles. The highest BCUT2D eigenvalue weighted by atomic mass is 32.2. The highest BCUT2D eigenvalue weighted by Gasteiger charge is 2.18. The van der Waals surface area contributed by atoms with Crippen molar-refractivity contribution >= 4 is 17.8 Å². The second kappa shape index (κ2) is 7.50. The highest BCUT2D eigenvalue weighted by Crippen LogP contribution is 2.16. The first-order chi connectivity index (χ1) is 9.70. The molecule has 1 atom stereocenters. The van der Waals surface area contributed by atoms with Gasteiger partial charge in [0.1, 0.15) is 5.82 Å². The van der Waals surface area contributed by atoms with E-state index >= 15 is 0 Å². The monoisotopic (exact) mass is 298 g/mol. The van der Waals surface area contributed by atoms with E-state index in [9.17, 15) is 9.18 Å². The number of carbonyl (C=O) groups is 1. The molecule has 1 N–H and O–H groups in total. The summed E-state index contributed by atoms with van der Waals surface area (Å²) < 4.78 is 18.2. The largest absolute Gasteiger partial charge is 0.375 e. The molecule has 1 heterocycles. The second-order valence-corrected chi connectivity index (χ2v) is 5.79. The molecule has 2 rings (SSSR count). The van der Waals surface area contributed by atoms with Crippen LogP contribution in [0.2, 0.25) is 0 Å². The van der Waals surface area contributed by atoms with Crippen molar-refractivity contribution in [2.75, 3.05) is 38.2 Å². The summed E-state index contributed by atoms with van der Waals surface area (Å²) in [6.07, 6.45) is -0.265. The number of hydrogen-bond acceptors (Lipinski definition) is 3. The molecular weight excluding hydrogens is 279 g/mol. The standard InChI is InChI=1S/C14H19FN2O2S/c1-19-13(11-2-4-12(15)5-3-11)10-16-14(18)17-6-8-20-9-7-17/h2-5,13H,6-10H2,1H3,(H,16,18)/t13-/m1/s1. The predicted molar refractivity (Wildman–Crippen MR) is 78.4 cm³/mol. The van der Waals surface area contributed by atoms with Crippen molar-refractivity contribution in [3.05, 3.63) is 35.6 Å². The van der Waals surface area contributed by atoms with Gasteiger partial charge in [-0.05, 0) is 17.7 Å². The van der Waals surface area contributed by atoms with Crippen molar-refractivity contribution < 1.29 is 13.9 Å². The Balaban J connectivity index is 1.86. The minimum absolute atomic E-state index is 0.0607. The van der Waals surface area contributed by atoms with Gasteiger partial charge >= 0.3 is 6.03 Å². The summed E-state index contributed by atoms with van der Waals surface area (Å²) in [4.78, 5) is 13.8. The molecule has 1 aromatic rings. The lowest BCUT2D eigenvalue weighted by Crippen LogP contribution is -2.45. The molecule has 1 fully saturated rings. The summed E-state index contributed by atoms with van der Waals surface area (Å²) in [5.41, 5.74) is 0.850. The van der Waals surface area contributed by atoms with E-state index in [0.29, 0.717) is 6.54 Å². The molecule has 0 spiro atoms. The third-order valence-corrected chi connectivity index (χ3v) is 4.21. The molecule has 20 heavy (non-hydrogen) atoms.